The minimum atomic E-state index is -0.296. The molecule has 0 bridgehead atoms. The Morgan fingerprint density at radius 1 is 1.13 bits per heavy atom. The highest BCUT2D eigenvalue weighted by molar-refractivity contribution is 6.30. The summed E-state index contributed by atoms with van der Waals surface area (Å²) in [5.41, 5.74) is 0.937. The maximum atomic E-state index is 12.7. The number of carbonyl (C=O) groups is 1. The highest BCUT2D eigenvalue weighted by atomic mass is 35.5. The number of rotatable bonds is 7. The summed E-state index contributed by atoms with van der Waals surface area (Å²) >= 11 is 5.87. The van der Waals surface area contributed by atoms with Gasteiger partial charge in [0, 0.05) is 18.1 Å². The summed E-state index contributed by atoms with van der Waals surface area (Å²) in [6.45, 7) is 1.35. The zero-order chi connectivity index (χ0) is 16.5. The number of amides is 2. The van der Waals surface area contributed by atoms with E-state index in [-0.39, 0.29) is 11.8 Å². The molecule has 2 amide bonds. The highest BCUT2D eigenvalue weighted by Crippen LogP contribution is 2.11. The Bertz CT molecular complexity index is 635. The average Bonchev–Trinajstić information content (AvgIpc) is 2.54. The van der Waals surface area contributed by atoms with Gasteiger partial charge in [-0.05, 0) is 48.4 Å². The largest absolute Gasteiger partial charge is 0.494 e. The van der Waals surface area contributed by atoms with Crippen molar-refractivity contribution in [1.29, 1.82) is 0 Å². The van der Waals surface area contributed by atoms with E-state index >= 15 is 0 Å². The van der Waals surface area contributed by atoms with Gasteiger partial charge in [0.05, 0.1) is 6.61 Å². The predicted molar refractivity (Wildman–Crippen MR) is 88.2 cm³/mol. The van der Waals surface area contributed by atoms with Crippen molar-refractivity contribution in [2.24, 2.45) is 0 Å². The average molecular weight is 337 g/mol. The van der Waals surface area contributed by atoms with Gasteiger partial charge in [0.1, 0.15) is 11.6 Å². The third-order valence-electron chi connectivity index (χ3n) is 3.03. The third-order valence-corrected chi connectivity index (χ3v) is 3.27. The zero-order valence-electron chi connectivity index (χ0n) is 12.5. The normalized spacial score (nSPS) is 10.2. The van der Waals surface area contributed by atoms with Crippen molar-refractivity contribution >= 4 is 17.6 Å². The number of carbonyl (C=O) groups excluding carboxylic acids is 1. The summed E-state index contributed by atoms with van der Waals surface area (Å²) in [4.78, 5) is 11.6. The van der Waals surface area contributed by atoms with Gasteiger partial charge >= 0.3 is 6.03 Å². The Kier molecular flexibility index (Phi) is 6.69. The first-order valence-electron chi connectivity index (χ1n) is 7.28. The lowest BCUT2D eigenvalue weighted by Crippen LogP contribution is -2.36. The molecular weight excluding hydrogens is 319 g/mol. The summed E-state index contributed by atoms with van der Waals surface area (Å²) in [6.07, 6.45) is 0.655. The molecule has 122 valence electrons. The lowest BCUT2D eigenvalue weighted by Gasteiger charge is -2.09. The molecule has 2 N–H and O–H groups in total. The maximum Gasteiger partial charge on any atom is 0.315 e. The molecule has 0 saturated heterocycles. The van der Waals surface area contributed by atoms with Crippen LogP contribution in [-0.4, -0.2) is 19.2 Å². The molecule has 23 heavy (non-hydrogen) atoms. The van der Waals surface area contributed by atoms with Crippen LogP contribution in [0.3, 0.4) is 0 Å². The molecule has 6 heteroatoms. The minimum Gasteiger partial charge on any atom is -0.494 e. The van der Waals surface area contributed by atoms with E-state index in [1.807, 2.05) is 12.1 Å². The van der Waals surface area contributed by atoms with Crippen LogP contribution in [0.1, 0.15) is 12.0 Å². The van der Waals surface area contributed by atoms with E-state index in [4.69, 9.17) is 16.3 Å². The lowest BCUT2D eigenvalue weighted by atomic mass is 10.2. The van der Waals surface area contributed by atoms with Crippen LogP contribution in [0.25, 0.3) is 0 Å². The van der Waals surface area contributed by atoms with Crippen LogP contribution in [0.2, 0.25) is 5.02 Å². The van der Waals surface area contributed by atoms with Gasteiger partial charge < -0.3 is 15.4 Å². The molecule has 0 aliphatic heterocycles. The zero-order valence-corrected chi connectivity index (χ0v) is 13.3. The van der Waals surface area contributed by atoms with Crippen LogP contribution >= 0.6 is 11.6 Å². The molecule has 0 atom stereocenters. The summed E-state index contributed by atoms with van der Waals surface area (Å²) in [7, 11) is 0. The summed E-state index contributed by atoms with van der Waals surface area (Å²) in [5, 5.41) is 6.13. The summed E-state index contributed by atoms with van der Waals surface area (Å²) < 4.78 is 18.2. The number of urea groups is 1. The fraction of sp³-hybridized carbons (Fsp3) is 0.235. The van der Waals surface area contributed by atoms with Crippen molar-refractivity contribution in [2.75, 3.05) is 13.2 Å². The second-order valence-electron chi connectivity index (χ2n) is 4.90. The molecule has 0 radical (unpaired) electrons. The summed E-state index contributed by atoms with van der Waals surface area (Å²) in [6, 6.07) is 12.9. The van der Waals surface area contributed by atoms with Crippen LogP contribution < -0.4 is 15.4 Å². The van der Waals surface area contributed by atoms with E-state index in [2.05, 4.69) is 10.6 Å². The fourth-order valence-electron chi connectivity index (χ4n) is 1.89. The van der Waals surface area contributed by atoms with Crippen LogP contribution in [0.4, 0.5) is 9.18 Å². The van der Waals surface area contributed by atoms with Crippen molar-refractivity contribution in [1.82, 2.24) is 10.6 Å². The molecule has 0 aliphatic rings. The van der Waals surface area contributed by atoms with Crippen LogP contribution in [0, 0.1) is 5.82 Å². The number of nitrogens with one attached hydrogen (secondary N) is 2. The van der Waals surface area contributed by atoms with E-state index in [0.29, 0.717) is 36.9 Å². The van der Waals surface area contributed by atoms with Crippen LogP contribution in [-0.2, 0) is 6.54 Å². The maximum absolute atomic E-state index is 12.7. The lowest BCUT2D eigenvalue weighted by molar-refractivity contribution is 0.238. The van der Waals surface area contributed by atoms with E-state index in [1.54, 1.807) is 24.3 Å². The molecule has 2 aromatic rings. The molecule has 0 spiro atoms. The monoisotopic (exact) mass is 336 g/mol. The number of halogens is 2. The van der Waals surface area contributed by atoms with E-state index in [0.717, 1.165) is 5.56 Å². The van der Waals surface area contributed by atoms with Gasteiger partial charge in [-0.25, -0.2) is 9.18 Å². The highest BCUT2D eigenvalue weighted by Gasteiger charge is 2.01. The summed E-state index contributed by atoms with van der Waals surface area (Å²) in [5.74, 6) is 0.312. The molecule has 0 fully saturated rings. The number of ether oxygens (including phenoxy) is 1. The van der Waals surface area contributed by atoms with Crippen molar-refractivity contribution in [2.45, 2.75) is 13.0 Å². The number of benzene rings is 2. The first kappa shape index (κ1) is 17.1. The Balaban J connectivity index is 1.57. The van der Waals surface area contributed by atoms with Crippen molar-refractivity contribution < 1.29 is 13.9 Å². The molecule has 0 heterocycles. The molecule has 0 unspecified atom stereocenters. The predicted octanol–water partition coefficient (Wildman–Crippen LogP) is 3.75. The second-order valence-corrected chi connectivity index (χ2v) is 5.33. The Labute approximate surface area is 139 Å². The van der Waals surface area contributed by atoms with Gasteiger partial charge in [-0.15, -0.1) is 0 Å². The molecule has 2 aromatic carbocycles. The van der Waals surface area contributed by atoms with E-state index in [1.165, 1.54) is 12.1 Å². The van der Waals surface area contributed by atoms with Gasteiger partial charge in [0.25, 0.3) is 0 Å². The first-order valence-corrected chi connectivity index (χ1v) is 7.66. The van der Waals surface area contributed by atoms with Crippen molar-refractivity contribution in [3.63, 3.8) is 0 Å². The van der Waals surface area contributed by atoms with Gasteiger partial charge in [-0.2, -0.15) is 0 Å². The molecule has 0 aliphatic carbocycles. The van der Waals surface area contributed by atoms with Gasteiger partial charge in [-0.3, -0.25) is 0 Å². The first-order chi connectivity index (χ1) is 11.1. The SMILES string of the molecule is O=C(NCCCOc1ccc(F)cc1)NCc1cccc(Cl)c1. The standard InChI is InChI=1S/C17H18ClFN2O2/c18-14-4-1-3-13(11-14)12-21-17(22)20-9-2-10-23-16-7-5-15(19)6-8-16/h1,3-8,11H,2,9-10,12H2,(H2,20,21,22). The van der Waals surface area contributed by atoms with Gasteiger partial charge in [0.15, 0.2) is 0 Å². The fourth-order valence-corrected chi connectivity index (χ4v) is 2.10. The smallest absolute Gasteiger partial charge is 0.315 e. The molecule has 0 aromatic heterocycles. The number of hydrogen-bond acceptors (Lipinski definition) is 2. The van der Waals surface area contributed by atoms with E-state index < -0.39 is 0 Å². The quantitative estimate of drug-likeness (QED) is 0.757. The second kappa shape index (κ2) is 9.00. The molecule has 2 rings (SSSR count). The molecule has 0 saturated carbocycles. The third kappa shape index (κ3) is 6.57. The van der Waals surface area contributed by atoms with Crippen molar-refractivity contribution in [3.8, 4) is 5.75 Å². The van der Waals surface area contributed by atoms with E-state index in [9.17, 15) is 9.18 Å². The van der Waals surface area contributed by atoms with Gasteiger partial charge in [-0.1, -0.05) is 23.7 Å². The van der Waals surface area contributed by atoms with Crippen LogP contribution in [0.15, 0.2) is 48.5 Å². The Morgan fingerprint density at radius 3 is 2.65 bits per heavy atom. The van der Waals surface area contributed by atoms with Gasteiger partial charge in [0.2, 0.25) is 0 Å². The Hall–Kier alpha value is -2.27. The topological polar surface area (TPSA) is 50.4 Å². The molecule has 4 nitrogen and oxygen atoms in total. The number of hydrogen-bond donors (Lipinski definition) is 2. The Morgan fingerprint density at radius 2 is 1.91 bits per heavy atom. The molecular formula is C17H18ClFN2O2. The van der Waals surface area contributed by atoms with Crippen molar-refractivity contribution in [3.05, 3.63) is 64.9 Å². The van der Waals surface area contributed by atoms with Crippen LogP contribution in [0.5, 0.6) is 5.75 Å². The minimum absolute atomic E-state index is 0.244.